The van der Waals surface area contributed by atoms with Crippen LogP contribution in [0.2, 0.25) is 0 Å². The number of imidazole rings is 1. The third-order valence-corrected chi connectivity index (χ3v) is 6.41. The number of thiophene rings is 1. The van der Waals surface area contributed by atoms with E-state index in [1.807, 2.05) is 43.0 Å². The largest absolute Gasteiger partial charge is 0.340 e. The number of rotatable bonds is 5. The molecule has 2 aliphatic rings. The lowest BCUT2D eigenvalue weighted by Gasteiger charge is -2.16. The number of hydrogen-bond donors (Lipinski definition) is 0. The van der Waals surface area contributed by atoms with E-state index in [1.165, 1.54) is 12.8 Å². The first-order chi connectivity index (χ1) is 13.2. The molecule has 1 saturated carbocycles. The minimum Gasteiger partial charge on any atom is -0.340 e. The smallest absolute Gasteiger partial charge is 0.330 e. The van der Waals surface area contributed by atoms with E-state index < -0.39 is 0 Å². The van der Waals surface area contributed by atoms with Crippen molar-refractivity contribution in [1.29, 1.82) is 0 Å². The molecule has 0 unspecified atom stereocenters. The molecule has 3 aromatic rings. The van der Waals surface area contributed by atoms with Crippen LogP contribution in [0.5, 0.6) is 0 Å². The van der Waals surface area contributed by atoms with Gasteiger partial charge < -0.3 is 4.90 Å². The van der Waals surface area contributed by atoms with Crippen molar-refractivity contribution < 1.29 is 4.79 Å². The van der Waals surface area contributed by atoms with Crippen LogP contribution in [0.25, 0.3) is 11.2 Å². The van der Waals surface area contributed by atoms with Gasteiger partial charge in [0.15, 0.2) is 5.65 Å². The van der Waals surface area contributed by atoms with Crippen molar-refractivity contribution in [3.63, 3.8) is 0 Å². The van der Waals surface area contributed by atoms with Crippen LogP contribution < -0.4 is 5.69 Å². The summed E-state index contributed by atoms with van der Waals surface area (Å²) in [7, 11) is 0. The van der Waals surface area contributed by atoms with E-state index in [9.17, 15) is 9.59 Å². The maximum atomic E-state index is 13.2. The fourth-order valence-corrected chi connectivity index (χ4v) is 4.70. The van der Waals surface area contributed by atoms with Crippen LogP contribution >= 0.6 is 11.3 Å². The molecule has 0 radical (unpaired) electrons. The number of fused-ring (bicyclic) bond motifs is 1. The van der Waals surface area contributed by atoms with Gasteiger partial charge in [0.25, 0.3) is 0 Å². The van der Waals surface area contributed by atoms with Crippen LogP contribution in [-0.4, -0.2) is 38.0 Å². The van der Waals surface area contributed by atoms with Gasteiger partial charge in [-0.25, -0.2) is 9.78 Å². The second-order valence-corrected chi connectivity index (χ2v) is 8.42. The summed E-state index contributed by atoms with van der Waals surface area (Å²) in [6, 6.07) is 5.87. The summed E-state index contributed by atoms with van der Waals surface area (Å²) in [4.78, 5) is 32.2. The molecule has 0 N–H and O–H groups in total. The quantitative estimate of drug-likeness (QED) is 0.682. The van der Waals surface area contributed by atoms with Gasteiger partial charge in [0.1, 0.15) is 0 Å². The molecule has 1 aliphatic carbocycles. The van der Waals surface area contributed by atoms with E-state index in [4.69, 9.17) is 0 Å². The van der Waals surface area contributed by atoms with Gasteiger partial charge >= 0.3 is 5.69 Å². The van der Waals surface area contributed by atoms with Gasteiger partial charge in [-0.1, -0.05) is 0 Å². The summed E-state index contributed by atoms with van der Waals surface area (Å²) in [5, 5.41) is 4.01. The minimum absolute atomic E-state index is 0.00165. The highest BCUT2D eigenvalue weighted by Crippen LogP contribution is 2.32. The van der Waals surface area contributed by atoms with Crippen molar-refractivity contribution in [2.24, 2.45) is 5.92 Å². The van der Waals surface area contributed by atoms with E-state index in [0.717, 1.165) is 29.7 Å². The monoisotopic (exact) mass is 382 g/mol. The second-order valence-electron chi connectivity index (χ2n) is 7.64. The van der Waals surface area contributed by atoms with Crippen molar-refractivity contribution in [1.82, 2.24) is 19.0 Å². The first-order valence-electron chi connectivity index (χ1n) is 9.55. The van der Waals surface area contributed by atoms with Gasteiger partial charge in [0.2, 0.25) is 5.91 Å². The number of amides is 1. The molecule has 1 saturated heterocycles. The summed E-state index contributed by atoms with van der Waals surface area (Å²) in [5.41, 5.74) is 2.75. The lowest BCUT2D eigenvalue weighted by atomic mass is 10.2. The molecule has 1 atom stereocenters. The zero-order valence-electron chi connectivity index (χ0n) is 15.1. The first kappa shape index (κ1) is 16.7. The van der Waals surface area contributed by atoms with E-state index >= 15 is 0 Å². The lowest BCUT2D eigenvalue weighted by molar-refractivity contribution is -0.129. The normalized spacial score (nSPS) is 19.9. The van der Waals surface area contributed by atoms with E-state index in [1.54, 1.807) is 17.5 Å². The molecule has 6 nitrogen and oxygen atoms in total. The Morgan fingerprint density at radius 3 is 2.93 bits per heavy atom. The molecular weight excluding hydrogens is 360 g/mol. The Balaban J connectivity index is 1.42. The molecule has 4 heterocycles. The first-order valence-corrected chi connectivity index (χ1v) is 10.5. The number of carbonyl (C=O) groups is 1. The molecule has 140 valence electrons. The average molecular weight is 382 g/mol. The molecular formula is C20H22N4O2S. The number of likely N-dealkylation sites (tertiary alicyclic amines) is 1. The lowest BCUT2D eigenvalue weighted by Crippen LogP contribution is -2.33. The minimum atomic E-state index is 0.00165. The number of carbonyl (C=O) groups excluding carboxylic acids is 1. The van der Waals surface area contributed by atoms with Crippen LogP contribution in [0.1, 0.15) is 30.9 Å². The number of aromatic nitrogens is 3. The van der Waals surface area contributed by atoms with Crippen LogP contribution in [0.4, 0.5) is 0 Å². The molecule has 1 aliphatic heterocycles. The van der Waals surface area contributed by atoms with E-state index in [2.05, 4.69) is 4.98 Å². The molecule has 5 rings (SSSR count). The van der Waals surface area contributed by atoms with Crippen LogP contribution in [0, 0.1) is 5.92 Å². The van der Waals surface area contributed by atoms with Gasteiger partial charge in [0.05, 0.1) is 18.0 Å². The molecule has 0 bridgehead atoms. The zero-order chi connectivity index (χ0) is 18.4. The number of hydrogen-bond acceptors (Lipinski definition) is 4. The maximum Gasteiger partial charge on any atom is 0.330 e. The van der Waals surface area contributed by atoms with E-state index in [-0.39, 0.29) is 17.6 Å². The highest BCUT2D eigenvalue weighted by atomic mass is 32.1. The van der Waals surface area contributed by atoms with Gasteiger partial charge in [-0.15, -0.1) is 0 Å². The molecule has 2 fully saturated rings. The molecule has 3 aromatic heterocycles. The van der Waals surface area contributed by atoms with Crippen molar-refractivity contribution in [2.45, 2.75) is 38.3 Å². The maximum absolute atomic E-state index is 13.2. The van der Waals surface area contributed by atoms with Gasteiger partial charge in [-0.05, 0) is 59.7 Å². The fourth-order valence-electron chi connectivity index (χ4n) is 4.03. The summed E-state index contributed by atoms with van der Waals surface area (Å²) in [6.45, 7) is 2.06. The van der Waals surface area contributed by atoms with Crippen molar-refractivity contribution in [2.75, 3.05) is 13.1 Å². The highest BCUT2D eigenvalue weighted by molar-refractivity contribution is 7.08. The van der Waals surface area contributed by atoms with Crippen LogP contribution in [-0.2, 0) is 17.8 Å². The third-order valence-electron chi connectivity index (χ3n) is 5.68. The predicted octanol–water partition coefficient (Wildman–Crippen LogP) is 2.69. The standard InChI is InChI=1S/C20H22N4O2S/c25-18(10-15-6-9-27-13-15)22-8-5-16(12-22)24-19-17(2-1-7-21-19)23(20(24)26)11-14-3-4-14/h1-2,6-7,9,13-14,16H,3-5,8,10-12H2/t16-/m1/s1. The molecule has 1 amide bonds. The van der Waals surface area contributed by atoms with Gasteiger partial charge in [0, 0.05) is 25.8 Å². The Kier molecular flexibility index (Phi) is 4.11. The zero-order valence-corrected chi connectivity index (χ0v) is 15.9. The van der Waals surface area contributed by atoms with Gasteiger partial charge in [-0.3, -0.25) is 13.9 Å². The Morgan fingerprint density at radius 2 is 2.15 bits per heavy atom. The summed E-state index contributed by atoms with van der Waals surface area (Å²) >= 11 is 1.61. The number of pyridine rings is 1. The topological polar surface area (TPSA) is 60.1 Å². The molecule has 0 spiro atoms. The average Bonchev–Trinajstić information content (AvgIpc) is 3.06. The summed E-state index contributed by atoms with van der Waals surface area (Å²) < 4.78 is 3.71. The Bertz CT molecular complexity index is 1030. The highest BCUT2D eigenvalue weighted by Gasteiger charge is 2.32. The second kappa shape index (κ2) is 6.64. The Hall–Kier alpha value is -2.41. The molecule has 0 aromatic carbocycles. The Labute approximate surface area is 161 Å². The van der Waals surface area contributed by atoms with Crippen molar-refractivity contribution >= 4 is 28.4 Å². The van der Waals surface area contributed by atoms with Crippen LogP contribution in [0.3, 0.4) is 0 Å². The van der Waals surface area contributed by atoms with E-state index in [0.29, 0.717) is 25.4 Å². The van der Waals surface area contributed by atoms with Crippen molar-refractivity contribution in [3.05, 3.63) is 51.2 Å². The summed E-state index contributed by atoms with van der Waals surface area (Å²) in [6.07, 6.45) is 5.39. The third kappa shape index (κ3) is 3.10. The van der Waals surface area contributed by atoms with Crippen molar-refractivity contribution in [3.8, 4) is 0 Å². The molecule has 7 heteroatoms. The fraction of sp³-hybridized carbons (Fsp3) is 0.450. The predicted molar refractivity (Wildman–Crippen MR) is 105 cm³/mol. The number of nitrogens with zero attached hydrogens (tertiary/aromatic N) is 4. The summed E-state index contributed by atoms with van der Waals surface area (Å²) in [5.74, 6) is 0.757. The van der Waals surface area contributed by atoms with Gasteiger partial charge in [-0.2, -0.15) is 11.3 Å². The molecule has 27 heavy (non-hydrogen) atoms. The van der Waals surface area contributed by atoms with Crippen LogP contribution in [0.15, 0.2) is 40.0 Å². The Morgan fingerprint density at radius 1 is 1.26 bits per heavy atom. The SMILES string of the molecule is O=C(Cc1ccsc1)N1CC[C@@H](n2c(=O)n(CC3CC3)c3cccnc32)C1.